The summed E-state index contributed by atoms with van der Waals surface area (Å²) in [6, 6.07) is 8.77. The van der Waals surface area contributed by atoms with Crippen molar-refractivity contribution in [3.05, 3.63) is 67.7 Å². The number of anilines is 1. The highest BCUT2D eigenvalue weighted by Crippen LogP contribution is 2.23. The van der Waals surface area contributed by atoms with Crippen molar-refractivity contribution >= 4 is 39.2 Å². The Labute approximate surface area is 152 Å². The molecule has 0 saturated heterocycles. The van der Waals surface area contributed by atoms with Crippen LogP contribution >= 0.6 is 15.9 Å². The molecule has 130 valence electrons. The molecule has 0 aliphatic carbocycles. The van der Waals surface area contributed by atoms with E-state index in [1.807, 2.05) is 13.0 Å². The van der Waals surface area contributed by atoms with E-state index >= 15 is 0 Å². The maximum atomic E-state index is 12.5. The maximum absolute atomic E-state index is 12.5. The van der Waals surface area contributed by atoms with Crippen molar-refractivity contribution in [1.82, 2.24) is 0 Å². The number of aryl methyl sites for hydroxylation is 1. The van der Waals surface area contributed by atoms with E-state index in [1.54, 1.807) is 19.1 Å². The highest BCUT2D eigenvalue weighted by Gasteiger charge is 2.19. The third-order valence-electron chi connectivity index (χ3n) is 3.34. The molecule has 25 heavy (non-hydrogen) atoms. The lowest BCUT2D eigenvalue weighted by Crippen LogP contribution is -2.15. The Morgan fingerprint density at radius 1 is 1.20 bits per heavy atom. The van der Waals surface area contributed by atoms with Gasteiger partial charge in [-0.1, -0.05) is 15.9 Å². The lowest BCUT2D eigenvalue weighted by atomic mass is 10.1. The zero-order valence-electron chi connectivity index (χ0n) is 13.5. The number of benzene rings is 2. The zero-order valence-corrected chi connectivity index (χ0v) is 15.1. The number of nitrogens with one attached hydrogen (secondary N) is 1. The fourth-order valence-electron chi connectivity index (χ4n) is 2.14. The molecule has 0 aliphatic heterocycles. The summed E-state index contributed by atoms with van der Waals surface area (Å²) in [6.45, 7) is 3.57. The molecule has 0 saturated carbocycles. The number of carbonyl (C=O) groups excluding carboxylic acids is 2. The van der Waals surface area contributed by atoms with Gasteiger partial charge in [-0.3, -0.25) is 14.9 Å². The number of nitro groups is 1. The molecule has 8 heteroatoms. The van der Waals surface area contributed by atoms with Crippen molar-refractivity contribution in [2.24, 2.45) is 0 Å². The number of nitrogens with zero attached hydrogens (tertiary/aromatic N) is 1. The largest absolute Gasteiger partial charge is 0.462 e. The third-order valence-corrected chi connectivity index (χ3v) is 3.83. The van der Waals surface area contributed by atoms with Crippen LogP contribution in [0.2, 0.25) is 0 Å². The predicted molar refractivity (Wildman–Crippen MR) is 95.9 cm³/mol. The number of ether oxygens (including phenoxy) is 1. The first-order valence-corrected chi connectivity index (χ1v) is 8.15. The number of hydrogen-bond donors (Lipinski definition) is 1. The summed E-state index contributed by atoms with van der Waals surface area (Å²) in [5.74, 6) is -1.28. The molecular weight excluding hydrogens is 392 g/mol. The maximum Gasteiger partial charge on any atom is 0.338 e. The van der Waals surface area contributed by atoms with E-state index in [0.29, 0.717) is 5.69 Å². The number of rotatable bonds is 5. The molecule has 1 amide bonds. The Balaban J connectivity index is 2.37. The van der Waals surface area contributed by atoms with Crippen LogP contribution in [0.1, 0.15) is 33.2 Å². The van der Waals surface area contributed by atoms with Crippen LogP contribution < -0.4 is 5.32 Å². The molecule has 2 aromatic rings. The average molecular weight is 407 g/mol. The van der Waals surface area contributed by atoms with Crippen molar-refractivity contribution in [1.29, 1.82) is 0 Å². The monoisotopic (exact) mass is 406 g/mol. The van der Waals surface area contributed by atoms with Gasteiger partial charge in [-0.05, 0) is 43.7 Å². The molecule has 0 radical (unpaired) electrons. The molecule has 0 atom stereocenters. The Morgan fingerprint density at radius 3 is 2.48 bits per heavy atom. The van der Waals surface area contributed by atoms with Crippen LogP contribution in [0.3, 0.4) is 0 Å². The van der Waals surface area contributed by atoms with E-state index in [2.05, 4.69) is 21.2 Å². The van der Waals surface area contributed by atoms with Crippen molar-refractivity contribution in [2.45, 2.75) is 13.8 Å². The van der Waals surface area contributed by atoms with Crippen molar-refractivity contribution in [3.8, 4) is 0 Å². The minimum atomic E-state index is -0.722. The number of nitro benzene ring substituents is 1. The van der Waals surface area contributed by atoms with E-state index in [9.17, 15) is 19.7 Å². The van der Waals surface area contributed by atoms with Gasteiger partial charge < -0.3 is 10.1 Å². The molecule has 0 spiro atoms. The van der Waals surface area contributed by atoms with E-state index in [0.717, 1.165) is 22.2 Å². The second-order valence-electron chi connectivity index (χ2n) is 5.16. The molecule has 0 fully saturated rings. The third kappa shape index (κ3) is 4.63. The van der Waals surface area contributed by atoms with Gasteiger partial charge in [0.25, 0.3) is 11.6 Å². The van der Waals surface area contributed by atoms with E-state index in [1.165, 1.54) is 6.07 Å². The first kappa shape index (κ1) is 18.6. The summed E-state index contributed by atoms with van der Waals surface area (Å²) < 4.78 is 5.71. The highest BCUT2D eigenvalue weighted by atomic mass is 79.9. The SMILES string of the molecule is CCOC(=O)c1cc(C(=O)Nc2ccc(Br)cc2C)cc([N+](=O)[O-])c1. The van der Waals surface area contributed by atoms with Crippen molar-refractivity contribution in [3.63, 3.8) is 0 Å². The zero-order chi connectivity index (χ0) is 18.6. The average Bonchev–Trinajstić information content (AvgIpc) is 2.57. The van der Waals surface area contributed by atoms with Crippen LogP contribution in [0.25, 0.3) is 0 Å². The second kappa shape index (κ2) is 7.89. The fraction of sp³-hybridized carbons (Fsp3) is 0.176. The summed E-state index contributed by atoms with van der Waals surface area (Å²) in [7, 11) is 0. The lowest BCUT2D eigenvalue weighted by Gasteiger charge is -2.10. The summed E-state index contributed by atoms with van der Waals surface area (Å²) >= 11 is 3.33. The van der Waals surface area contributed by atoms with Crippen LogP contribution in [-0.2, 0) is 4.74 Å². The van der Waals surface area contributed by atoms with Gasteiger partial charge in [0.15, 0.2) is 0 Å². The summed E-state index contributed by atoms with van der Waals surface area (Å²) in [5.41, 5.74) is 0.979. The van der Waals surface area contributed by atoms with Gasteiger partial charge in [0.05, 0.1) is 17.1 Å². The summed E-state index contributed by atoms with van der Waals surface area (Å²) in [6.07, 6.45) is 0. The Bertz CT molecular complexity index is 851. The molecule has 2 aromatic carbocycles. The number of esters is 1. The highest BCUT2D eigenvalue weighted by molar-refractivity contribution is 9.10. The molecule has 0 aliphatic rings. The second-order valence-corrected chi connectivity index (χ2v) is 6.08. The number of carbonyl (C=O) groups is 2. The normalized spacial score (nSPS) is 10.2. The van der Waals surface area contributed by atoms with Crippen molar-refractivity contribution in [2.75, 3.05) is 11.9 Å². The van der Waals surface area contributed by atoms with Crippen LogP contribution in [0, 0.1) is 17.0 Å². The van der Waals surface area contributed by atoms with Crippen LogP contribution in [0.5, 0.6) is 0 Å². The molecule has 0 heterocycles. The molecule has 2 rings (SSSR count). The van der Waals surface area contributed by atoms with Crippen molar-refractivity contribution < 1.29 is 19.2 Å². The molecule has 7 nitrogen and oxygen atoms in total. The minimum Gasteiger partial charge on any atom is -0.462 e. The fourth-order valence-corrected chi connectivity index (χ4v) is 2.62. The molecule has 1 N–H and O–H groups in total. The Hall–Kier alpha value is -2.74. The molecular formula is C17H15BrN2O5. The molecule has 0 unspecified atom stereocenters. The lowest BCUT2D eigenvalue weighted by molar-refractivity contribution is -0.384. The van der Waals surface area contributed by atoms with Gasteiger partial charge in [0, 0.05) is 27.9 Å². The molecule has 0 bridgehead atoms. The number of non-ortho nitro benzene ring substituents is 1. The van der Waals surface area contributed by atoms with Crippen LogP contribution in [0.15, 0.2) is 40.9 Å². The summed E-state index contributed by atoms with van der Waals surface area (Å²) in [4.78, 5) is 34.7. The smallest absolute Gasteiger partial charge is 0.338 e. The van der Waals surface area contributed by atoms with Gasteiger partial charge in [0.1, 0.15) is 0 Å². The Kier molecular flexibility index (Phi) is 5.87. The predicted octanol–water partition coefficient (Wildman–Crippen LogP) is 4.09. The molecule has 0 aromatic heterocycles. The van der Waals surface area contributed by atoms with Gasteiger partial charge >= 0.3 is 5.97 Å². The van der Waals surface area contributed by atoms with Gasteiger partial charge in [-0.2, -0.15) is 0 Å². The van der Waals surface area contributed by atoms with Crippen LogP contribution in [-0.4, -0.2) is 23.4 Å². The van der Waals surface area contributed by atoms with Gasteiger partial charge in [-0.25, -0.2) is 4.79 Å². The first-order chi connectivity index (χ1) is 11.8. The number of hydrogen-bond acceptors (Lipinski definition) is 5. The topological polar surface area (TPSA) is 98.5 Å². The van der Waals surface area contributed by atoms with Gasteiger partial charge in [-0.15, -0.1) is 0 Å². The Morgan fingerprint density at radius 2 is 1.88 bits per heavy atom. The standard InChI is InChI=1S/C17H15BrN2O5/c1-3-25-17(22)12-7-11(8-14(9-12)20(23)24)16(21)19-15-5-4-13(18)6-10(15)2/h4-9H,3H2,1-2H3,(H,19,21). The van der Waals surface area contributed by atoms with Gasteiger partial charge in [0.2, 0.25) is 0 Å². The number of amides is 1. The summed E-state index contributed by atoms with van der Waals surface area (Å²) in [5, 5.41) is 13.8. The quantitative estimate of drug-likeness (QED) is 0.457. The minimum absolute atomic E-state index is 0.000396. The first-order valence-electron chi connectivity index (χ1n) is 7.36. The van der Waals surface area contributed by atoms with E-state index in [4.69, 9.17) is 4.74 Å². The van der Waals surface area contributed by atoms with Crippen LogP contribution in [0.4, 0.5) is 11.4 Å². The van der Waals surface area contributed by atoms with E-state index < -0.39 is 16.8 Å². The number of halogens is 1. The van der Waals surface area contributed by atoms with E-state index in [-0.39, 0.29) is 23.4 Å².